The highest BCUT2D eigenvalue weighted by molar-refractivity contribution is 6.00. The molecule has 4 rings (SSSR count). The molecule has 158 valence electrons. The van der Waals surface area contributed by atoms with Crippen molar-refractivity contribution < 1.29 is 14.3 Å². The predicted octanol–water partition coefficient (Wildman–Crippen LogP) is 2.68. The molecule has 2 aliphatic heterocycles. The van der Waals surface area contributed by atoms with Gasteiger partial charge in [0.05, 0.1) is 37.9 Å². The lowest BCUT2D eigenvalue weighted by atomic mass is 9.69. The molecular formula is C23H28N4O3. The summed E-state index contributed by atoms with van der Waals surface area (Å²) in [6.07, 6.45) is 1.14. The minimum atomic E-state index is -0.526. The molecule has 1 aliphatic carbocycles. The molecule has 30 heavy (non-hydrogen) atoms. The summed E-state index contributed by atoms with van der Waals surface area (Å²) >= 11 is 0. The summed E-state index contributed by atoms with van der Waals surface area (Å²) in [4.78, 5) is 13.5. The lowest BCUT2D eigenvalue weighted by Gasteiger charge is -2.48. The molecule has 0 bridgehead atoms. The van der Waals surface area contributed by atoms with Crippen molar-refractivity contribution in [1.82, 2.24) is 10.0 Å². The molecule has 7 nitrogen and oxygen atoms in total. The van der Waals surface area contributed by atoms with Gasteiger partial charge in [0.25, 0.3) is 0 Å². The normalized spacial score (nSPS) is 24.5. The summed E-state index contributed by atoms with van der Waals surface area (Å²) in [5, 5.41) is 14.1. The van der Waals surface area contributed by atoms with E-state index in [2.05, 4.69) is 24.9 Å². The number of methoxy groups -OCH3 is 1. The van der Waals surface area contributed by atoms with Gasteiger partial charge < -0.3 is 15.2 Å². The molecule has 1 fully saturated rings. The van der Waals surface area contributed by atoms with Gasteiger partial charge in [0, 0.05) is 36.3 Å². The number of nitriles is 1. The number of hydrazine groups is 1. The Morgan fingerprint density at radius 2 is 1.93 bits per heavy atom. The monoisotopic (exact) mass is 408 g/mol. The van der Waals surface area contributed by atoms with Crippen LogP contribution in [0.2, 0.25) is 0 Å². The van der Waals surface area contributed by atoms with Gasteiger partial charge in [-0.15, -0.1) is 0 Å². The Morgan fingerprint density at radius 1 is 1.23 bits per heavy atom. The van der Waals surface area contributed by atoms with Crippen molar-refractivity contribution in [2.45, 2.75) is 32.6 Å². The van der Waals surface area contributed by atoms with Crippen molar-refractivity contribution in [2.75, 3.05) is 33.4 Å². The number of allylic oxidation sites excluding steroid dienone is 3. The fourth-order valence-electron chi connectivity index (χ4n) is 4.78. The number of nitrogens with zero attached hydrogens (tertiary/aromatic N) is 3. The molecule has 2 heterocycles. The number of ketones is 1. The maximum atomic E-state index is 13.5. The van der Waals surface area contributed by atoms with E-state index in [1.807, 2.05) is 29.3 Å². The molecular weight excluding hydrogens is 380 g/mol. The van der Waals surface area contributed by atoms with Crippen LogP contribution in [0, 0.1) is 16.7 Å². The summed E-state index contributed by atoms with van der Waals surface area (Å²) in [6, 6.07) is 9.85. The Labute approximate surface area is 177 Å². The minimum Gasteiger partial charge on any atom is -0.496 e. The largest absolute Gasteiger partial charge is 0.496 e. The Bertz CT molecular complexity index is 967. The van der Waals surface area contributed by atoms with Gasteiger partial charge in [0.2, 0.25) is 0 Å². The lowest BCUT2D eigenvalue weighted by Crippen LogP contribution is -2.53. The quantitative estimate of drug-likeness (QED) is 0.822. The maximum absolute atomic E-state index is 13.5. The second-order valence-electron chi connectivity index (χ2n) is 8.76. The molecule has 2 N–H and O–H groups in total. The second-order valence-corrected chi connectivity index (χ2v) is 8.76. The molecule has 0 spiro atoms. The Hall–Kier alpha value is -2.82. The molecule has 0 aromatic heterocycles. The van der Waals surface area contributed by atoms with Crippen LogP contribution >= 0.6 is 0 Å². The molecule has 1 aromatic carbocycles. The third-order valence-electron chi connectivity index (χ3n) is 6.07. The lowest BCUT2D eigenvalue weighted by molar-refractivity contribution is -0.119. The van der Waals surface area contributed by atoms with Crippen LogP contribution in [0.4, 0.5) is 0 Å². The number of hydrogen-bond donors (Lipinski definition) is 1. The molecule has 0 saturated carbocycles. The molecule has 0 unspecified atom stereocenters. The van der Waals surface area contributed by atoms with E-state index in [-0.39, 0.29) is 11.2 Å². The van der Waals surface area contributed by atoms with E-state index in [9.17, 15) is 10.1 Å². The van der Waals surface area contributed by atoms with Crippen LogP contribution in [0.3, 0.4) is 0 Å². The average Bonchev–Trinajstić information content (AvgIpc) is 2.72. The first-order chi connectivity index (χ1) is 14.4. The molecule has 0 amide bonds. The van der Waals surface area contributed by atoms with Crippen LogP contribution in [0.5, 0.6) is 5.75 Å². The number of morpholine rings is 1. The summed E-state index contributed by atoms with van der Waals surface area (Å²) in [5.74, 6) is 0.574. The number of carbonyl (C=O) groups excluding carboxylic acids is 1. The van der Waals surface area contributed by atoms with Crippen LogP contribution in [-0.2, 0) is 9.53 Å². The van der Waals surface area contributed by atoms with Crippen molar-refractivity contribution >= 4 is 5.78 Å². The van der Waals surface area contributed by atoms with Crippen LogP contribution in [0.15, 0.2) is 46.9 Å². The number of ether oxygens (including phenoxy) is 2. The van der Waals surface area contributed by atoms with Crippen molar-refractivity contribution in [3.63, 3.8) is 0 Å². The van der Waals surface area contributed by atoms with Crippen LogP contribution in [-0.4, -0.2) is 49.2 Å². The fourth-order valence-corrected chi connectivity index (χ4v) is 4.78. The zero-order chi connectivity index (χ0) is 21.5. The highest BCUT2D eigenvalue weighted by atomic mass is 16.5. The van der Waals surface area contributed by atoms with E-state index in [0.29, 0.717) is 61.9 Å². The van der Waals surface area contributed by atoms with E-state index in [0.717, 1.165) is 11.3 Å². The summed E-state index contributed by atoms with van der Waals surface area (Å²) in [5.41, 5.74) is 9.19. The molecule has 1 aromatic rings. The zero-order valence-corrected chi connectivity index (χ0v) is 17.8. The number of Topliss-reactive ketones (excluding diaryl/α,β-unsaturated/α-hetero) is 1. The zero-order valence-electron chi connectivity index (χ0n) is 17.8. The van der Waals surface area contributed by atoms with Crippen molar-refractivity contribution in [2.24, 2.45) is 11.1 Å². The van der Waals surface area contributed by atoms with E-state index < -0.39 is 5.92 Å². The minimum absolute atomic E-state index is 0.0654. The molecule has 1 atom stereocenters. The number of para-hydroxylation sites is 1. The number of benzene rings is 1. The predicted molar refractivity (Wildman–Crippen MR) is 112 cm³/mol. The standard InChI is InChI=1S/C23H28N4O3/c1-23(2)12-17-21(18(28)13-23)20(15-6-4-5-7-19(15)29-3)16(14-24)22(25)27(17)26-8-10-30-11-9-26/h4-7,20H,8-13,25H2,1-3H3/t20-/m0/s1. The van der Waals surface area contributed by atoms with E-state index in [4.69, 9.17) is 15.2 Å². The van der Waals surface area contributed by atoms with Gasteiger partial charge in [-0.05, 0) is 17.9 Å². The van der Waals surface area contributed by atoms with Gasteiger partial charge in [-0.1, -0.05) is 32.0 Å². The number of rotatable bonds is 3. The SMILES string of the molecule is COc1ccccc1[C@H]1C(C#N)=C(N)N(N2CCOCC2)C2=C1C(=O)CC(C)(C)C2. The number of carbonyl (C=O) groups is 1. The number of hydrogen-bond acceptors (Lipinski definition) is 7. The first-order valence-corrected chi connectivity index (χ1v) is 10.3. The van der Waals surface area contributed by atoms with Gasteiger partial charge in [-0.25, -0.2) is 5.01 Å². The van der Waals surface area contributed by atoms with Crippen molar-refractivity contribution in [3.8, 4) is 11.8 Å². The third-order valence-corrected chi connectivity index (χ3v) is 6.07. The summed E-state index contributed by atoms with van der Waals surface area (Å²) in [7, 11) is 1.60. The molecule has 0 radical (unpaired) electrons. The van der Waals surface area contributed by atoms with Crippen LogP contribution < -0.4 is 10.5 Å². The Balaban J connectivity index is 1.95. The van der Waals surface area contributed by atoms with Gasteiger partial charge in [-0.3, -0.25) is 9.80 Å². The first kappa shape index (κ1) is 20.5. The van der Waals surface area contributed by atoms with E-state index in [1.54, 1.807) is 7.11 Å². The van der Waals surface area contributed by atoms with E-state index >= 15 is 0 Å². The second kappa shape index (κ2) is 7.78. The number of nitrogens with two attached hydrogens (primary N) is 1. The molecule has 7 heteroatoms. The Kier molecular flexibility index (Phi) is 5.31. The average molecular weight is 409 g/mol. The summed E-state index contributed by atoms with van der Waals surface area (Å²) < 4.78 is 11.1. The molecule has 3 aliphatic rings. The smallest absolute Gasteiger partial charge is 0.162 e. The van der Waals surface area contributed by atoms with Gasteiger partial charge in [0.1, 0.15) is 11.6 Å². The van der Waals surface area contributed by atoms with Gasteiger partial charge in [-0.2, -0.15) is 5.26 Å². The van der Waals surface area contributed by atoms with Gasteiger partial charge >= 0.3 is 0 Å². The highest BCUT2D eigenvalue weighted by Crippen LogP contribution is 2.50. The first-order valence-electron chi connectivity index (χ1n) is 10.3. The van der Waals surface area contributed by atoms with E-state index in [1.165, 1.54) is 0 Å². The third kappa shape index (κ3) is 3.36. The topological polar surface area (TPSA) is 91.8 Å². The fraction of sp³-hybridized carbons (Fsp3) is 0.478. The summed E-state index contributed by atoms with van der Waals surface area (Å²) in [6.45, 7) is 6.69. The molecule has 1 saturated heterocycles. The van der Waals surface area contributed by atoms with Crippen LogP contribution in [0.25, 0.3) is 0 Å². The maximum Gasteiger partial charge on any atom is 0.162 e. The highest BCUT2D eigenvalue weighted by Gasteiger charge is 2.46. The van der Waals surface area contributed by atoms with Crippen LogP contribution in [0.1, 0.15) is 38.2 Å². The van der Waals surface area contributed by atoms with Crippen molar-refractivity contribution in [1.29, 1.82) is 5.26 Å². The van der Waals surface area contributed by atoms with Gasteiger partial charge in [0.15, 0.2) is 5.78 Å². The van der Waals surface area contributed by atoms with Crippen molar-refractivity contribution in [3.05, 3.63) is 52.5 Å². The Morgan fingerprint density at radius 3 is 2.60 bits per heavy atom.